The third-order valence-corrected chi connectivity index (χ3v) is 4.47. The molecule has 2 aliphatic rings. The molecule has 2 unspecified atom stereocenters. The number of hydrogen-bond donors (Lipinski definition) is 1. The second kappa shape index (κ2) is 5.27. The second-order valence-corrected chi connectivity index (χ2v) is 5.89. The van der Waals surface area contributed by atoms with Crippen molar-refractivity contribution in [1.82, 2.24) is 5.32 Å². The van der Waals surface area contributed by atoms with Crippen LogP contribution in [-0.2, 0) is 4.79 Å². The fraction of sp³-hybridized carbons (Fsp3) is 0.500. The van der Waals surface area contributed by atoms with Gasteiger partial charge in [-0.1, -0.05) is 11.6 Å². The highest BCUT2D eigenvalue weighted by Gasteiger charge is 2.34. The molecule has 4 heteroatoms. The molecule has 4 nitrogen and oxygen atoms in total. The lowest BCUT2D eigenvalue weighted by molar-refractivity contribution is -0.124. The molecule has 0 radical (unpaired) electrons. The van der Waals surface area contributed by atoms with E-state index in [-0.39, 0.29) is 5.91 Å². The van der Waals surface area contributed by atoms with Crippen LogP contribution >= 0.6 is 0 Å². The van der Waals surface area contributed by atoms with Crippen molar-refractivity contribution in [1.29, 1.82) is 0 Å². The zero-order chi connectivity index (χ0) is 14.1. The molecule has 2 atom stereocenters. The van der Waals surface area contributed by atoms with Gasteiger partial charge >= 0.3 is 0 Å². The molecule has 20 heavy (non-hydrogen) atoms. The SMILES string of the molecule is Cc1ccc(N2CCC3NC(=O)CCC3C2)c(C=O)c1. The van der Waals surface area contributed by atoms with E-state index < -0.39 is 0 Å². The van der Waals surface area contributed by atoms with Crippen molar-refractivity contribution < 1.29 is 9.59 Å². The number of benzene rings is 1. The van der Waals surface area contributed by atoms with Crippen LogP contribution in [0, 0.1) is 12.8 Å². The van der Waals surface area contributed by atoms with Crippen LogP contribution in [0.25, 0.3) is 0 Å². The molecule has 0 spiro atoms. The number of carbonyl (C=O) groups excluding carboxylic acids is 2. The average Bonchev–Trinajstić information content (AvgIpc) is 2.46. The lowest BCUT2D eigenvalue weighted by Gasteiger charge is -2.42. The fourth-order valence-corrected chi connectivity index (χ4v) is 3.39. The van der Waals surface area contributed by atoms with Crippen molar-refractivity contribution in [2.45, 2.75) is 32.2 Å². The van der Waals surface area contributed by atoms with Gasteiger partial charge in [-0.2, -0.15) is 0 Å². The van der Waals surface area contributed by atoms with Gasteiger partial charge in [0.1, 0.15) is 0 Å². The molecule has 106 valence electrons. The van der Waals surface area contributed by atoms with Gasteiger partial charge in [0.2, 0.25) is 5.91 Å². The molecule has 1 aromatic carbocycles. The summed E-state index contributed by atoms with van der Waals surface area (Å²) >= 11 is 0. The van der Waals surface area contributed by atoms with E-state index in [9.17, 15) is 9.59 Å². The Bertz CT molecular complexity index is 541. The first-order valence-electron chi connectivity index (χ1n) is 7.27. The summed E-state index contributed by atoms with van der Waals surface area (Å²) in [6.45, 7) is 3.82. The second-order valence-electron chi connectivity index (χ2n) is 5.89. The molecule has 0 aromatic heterocycles. The van der Waals surface area contributed by atoms with Crippen molar-refractivity contribution in [3.05, 3.63) is 29.3 Å². The van der Waals surface area contributed by atoms with E-state index in [0.29, 0.717) is 18.4 Å². The predicted octanol–water partition coefficient (Wildman–Crippen LogP) is 1.91. The van der Waals surface area contributed by atoms with Crippen LogP contribution in [0.3, 0.4) is 0 Å². The molecule has 0 aliphatic carbocycles. The Morgan fingerprint density at radius 3 is 3.00 bits per heavy atom. The third-order valence-electron chi connectivity index (χ3n) is 4.47. The Hall–Kier alpha value is -1.84. The Balaban J connectivity index is 1.79. The Morgan fingerprint density at radius 2 is 2.20 bits per heavy atom. The topological polar surface area (TPSA) is 49.4 Å². The summed E-state index contributed by atoms with van der Waals surface area (Å²) in [5.41, 5.74) is 2.90. The summed E-state index contributed by atoms with van der Waals surface area (Å²) in [6, 6.07) is 6.35. The molecular weight excluding hydrogens is 252 g/mol. The Labute approximate surface area is 119 Å². The largest absolute Gasteiger partial charge is 0.371 e. The van der Waals surface area contributed by atoms with E-state index in [0.717, 1.165) is 49.0 Å². The van der Waals surface area contributed by atoms with Crippen molar-refractivity contribution in [3.8, 4) is 0 Å². The smallest absolute Gasteiger partial charge is 0.220 e. The standard InChI is InChI=1S/C16H20N2O2/c1-11-2-4-15(13(8-11)10-19)18-7-6-14-12(9-18)3-5-16(20)17-14/h2,4,8,10,12,14H,3,5-7,9H2,1H3,(H,17,20). The Kier molecular flexibility index (Phi) is 3.47. The number of anilines is 1. The van der Waals surface area contributed by atoms with E-state index in [1.165, 1.54) is 0 Å². The fourth-order valence-electron chi connectivity index (χ4n) is 3.39. The van der Waals surface area contributed by atoms with Crippen LogP contribution in [0.2, 0.25) is 0 Å². The minimum Gasteiger partial charge on any atom is -0.371 e. The molecular formula is C16H20N2O2. The lowest BCUT2D eigenvalue weighted by atomic mass is 9.85. The summed E-state index contributed by atoms with van der Waals surface area (Å²) < 4.78 is 0. The Morgan fingerprint density at radius 1 is 1.35 bits per heavy atom. The molecule has 2 saturated heterocycles. The van der Waals surface area contributed by atoms with E-state index in [1.807, 2.05) is 19.1 Å². The van der Waals surface area contributed by atoms with Crippen LogP contribution in [0.1, 0.15) is 35.2 Å². The summed E-state index contributed by atoms with van der Waals surface area (Å²) in [6.07, 6.45) is 3.48. The number of fused-ring (bicyclic) bond motifs is 1. The summed E-state index contributed by atoms with van der Waals surface area (Å²) in [5, 5.41) is 3.09. The van der Waals surface area contributed by atoms with Gasteiger partial charge in [0, 0.05) is 36.8 Å². The molecule has 2 aliphatic heterocycles. The maximum atomic E-state index is 11.4. The van der Waals surface area contributed by atoms with Crippen molar-refractivity contribution >= 4 is 17.9 Å². The van der Waals surface area contributed by atoms with E-state index in [4.69, 9.17) is 0 Å². The first-order chi connectivity index (χ1) is 9.67. The first-order valence-corrected chi connectivity index (χ1v) is 7.27. The summed E-state index contributed by atoms with van der Waals surface area (Å²) in [5.74, 6) is 0.686. The van der Waals surface area contributed by atoms with Gasteiger partial charge in [0.15, 0.2) is 6.29 Å². The maximum Gasteiger partial charge on any atom is 0.220 e. The number of nitrogens with zero attached hydrogens (tertiary/aromatic N) is 1. The molecule has 0 bridgehead atoms. The van der Waals surface area contributed by atoms with Crippen molar-refractivity contribution in [2.24, 2.45) is 5.92 Å². The number of piperidine rings is 2. The monoisotopic (exact) mass is 272 g/mol. The number of aldehydes is 1. The molecule has 2 fully saturated rings. The molecule has 1 amide bonds. The molecule has 1 aromatic rings. The number of nitrogens with one attached hydrogen (secondary N) is 1. The number of aryl methyl sites for hydroxylation is 1. The van der Waals surface area contributed by atoms with E-state index in [2.05, 4.69) is 16.3 Å². The highest BCUT2D eigenvalue weighted by atomic mass is 16.1. The van der Waals surface area contributed by atoms with Crippen LogP contribution < -0.4 is 10.2 Å². The zero-order valence-electron chi connectivity index (χ0n) is 11.8. The summed E-state index contributed by atoms with van der Waals surface area (Å²) in [4.78, 5) is 25.0. The maximum absolute atomic E-state index is 11.4. The molecule has 1 N–H and O–H groups in total. The normalized spacial score (nSPS) is 25.9. The third kappa shape index (κ3) is 2.42. The molecule has 2 heterocycles. The van der Waals surface area contributed by atoms with Gasteiger partial charge < -0.3 is 10.2 Å². The average molecular weight is 272 g/mol. The predicted molar refractivity (Wildman–Crippen MR) is 78.1 cm³/mol. The number of amides is 1. The quantitative estimate of drug-likeness (QED) is 0.837. The first kappa shape index (κ1) is 13.2. The van der Waals surface area contributed by atoms with E-state index in [1.54, 1.807) is 0 Å². The number of hydrogen-bond acceptors (Lipinski definition) is 3. The van der Waals surface area contributed by atoms with Crippen molar-refractivity contribution in [2.75, 3.05) is 18.0 Å². The van der Waals surface area contributed by atoms with Crippen LogP contribution in [-0.4, -0.2) is 31.3 Å². The zero-order valence-corrected chi connectivity index (χ0v) is 11.8. The van der Waals surface area contributed by atoms with Crippen LogP contribution in [0.5, 0.6) is 0 Å². The van der Waals surface area contributed by atoms with E-state index >= 15 is 0 Å². The minimum absolute atomic E-state index is 0.184. The van der Waals surface area contributed by atoms with Gasteiger partial charge in [-0.15, -0.1) is 0 Å². The van der Waals surface area contributed by atoms with Gasteiger partial charge in [-0.05, 0) is 37.8 Å². The van der Waals surface area contributed by atoms with Gasteiger partial charge in [0.25, 0.3) is 0 Å². The van der Waals surface area contributed by atoms with Gasteiger partial charge in [0.05, 0.1) is 0 Å². The highest BCUT2D eigenvalue weighted by molar-refractivity contribution is 5.85. The number of rotatable bonds is 2. The molecule has 3 rings (SSSR count). The highest BCUT2D eigenvalue weighted by Crippen LogP contribution is 2.30. The van der Waals surface area contributed by atoms with Crippen LogP contribution in [0.15, 0.2) is 18.2 Å². The number of carbonyl (C=O) groups is 2. The molecule has 0 saturated carbocycles. The summed E-state index contributed by atoms with van der Waals surface area (Å²) in [7, 11) is 0. The van der Waals surface area contributed by atoms with Gasteiger partial charge in [-0.25, -0.2) is 0 Å². The van der Waals surface area contributed by atoms with Crippen LogP contribution in [0.4, 0.5) is 5.69 Å². The van der Waals surface area contributed by atoms with Gasteiger partial charge in [-0.3, -0.25) is 9.59 Å². The van der Waals surface area contributed by atoms with Crippen molar-refractivity contribution in [3.63, 3.8) is 0 Å². The minimum atomic E-state index is 0.184. The lowest BCUT2D eigenvalue weighted by Crippen LogP contribution is -2.54.